The summed E-state index contributed by atoms with van der Waals surface area (Å²) in [5, 5.41) is 0. The van der Waals surface area contributed by atoms with Crippen molar-refractivity contribution in [2.45, 2.75) is 39.0 Å². The van der Waals surface area contributed by atoms with Crippen molar-refractivity contribution in [2.75, 3.05) is 30.9 Å². The lowest BCUT2D eigenvalue weighted by Crippen LogP contribution is -2.30. The van der Waals surface area contributed by atoms with Crippen molar-refractivity contribution in [3.8, 4) is 0 Å². The summed E-state index contributed by atoms with van der Waals surface area (Å²) in [6.07, 6.45) is 5.64. The summed E-state index contributed by atoms with van der Waals surface area (Å²) in [7, 11) is -3.44. The second kappa shape index (κ2) is 8.50. The van der Waals surface area contributed by atoms with Crippen LogP contribution in [0.25, 0.3) is 0 Å². The standard InChI is InChI=1S/C16H27N3O2S/c1-2-11-17-22(20,21)18-16-9-7-15(8-10-16)6-5-14-19-12-3-4-13-19/h7-10,17-18H,2-6,11-14H2,1H3. The molecule has 1 heterocycles. The van der Waals surface area contributed by atoms with Crippen molar-refractivity contribution in [1.29, 1.82) is 0 Å². The smallest absolute Gasteiger partial charge is 0.299 e. The molecule has 0 spiro atoms. The average molecular weight is 325 g/mol. The predicted octanol–water partition coefficient (Wildman–Crippen LogP) is 2.37. The quantitative estimate of drug-likeness (QED) is 0.733. The van der Waals surface area contributed by atoms with Gasteiger partial charge in [0.2, 0.25) is 0 Å². The minimum Gasteiger partial charge on any atom is -0.303 e. The van der Waals surface area contributed by atoms with Gasteiger partial charge in [-0.15, -0.1) is 0 Å². The van der Waals surface area contributed by atoms with Crippen LogP contribution >= 0.6 is 0 Å². The highest BCUT2D eigenvalue weighted by Crippen LogP contribution is 2.13. The zero-order valence-corrected chi connectivity index (χ0v) is 14.2. The number of anilines is 1. The number of nitrogens with zero attached hydrogens (tertiary/aromatic N) is 1. The fraction of sp³-hybridized carbons (Fsp3) is 0.625. The summed E-state index contributed by atoms with van der Waals surface area (Å²) in [6.45, 7) is 6.02. The Balaban J connectivity index is 1.77. The van der Waals surface area contributed by atoms with Crippen LogP contribution in [0.1, 0.15) is 38.2 Å². The molecule has 0 aromatic heterocycles. The first-order valence-electron chi connectivity index (χ1n) is 8.18. The van der Waals surface area contributed by atoms with Crippen molar-refractivity contribution in [2.24, 2.45) is 0 Å². The Morgan fingerprint density at radius 2 is 1.82 bits per heavy atom. The molecule has 0 amide bonds. The molecule has 1 fully saturated rings. The molecule has 1 aromatic rings. The lowest BCUT2D eigenvalue weighted by Gasteiger charge is -2.14. The van der Waals surface area contributed by atoms with Crippen LogP contribution in [0.2, 0.25) is 0 Å². The van der Waals surface area contributed by atoms with Crippen LogP contribution in [0, 0.1) is 0 Å². The predicted molar refractivity (Wildman–Crippen MR) is 91.3 cm³/mol. The third-order valence-corrected chi connectivity index (χ3v) is 4.98. The van der Waals surface area contributed by atoms with Crippen LogP contribution in [0.3, 0.4) is 0 Å². The van der Waals surface area contributed by atoms with Crippen LogP contribution in [-0.4, -0.2) is 39.5 Å². The van der Waals surface area contributed by atoms with Gasteiger partial charge in [0.15, 0.2) is 0 Å². The molecule has 0 aliphatic carbocycles. The summed E-state index contributed by atoms with van der Waals surface area (Å²) in [4.78, 5) is 2.52. The Labute approximate surface area is 134 Å². The van der Waals surface area contributed by atoms with E-state index in [0.717, 1.165) is 25.8 Å². The highest BCUT2D eigenvalue weighted by molar-refractivity contribution is 7.90. The Hall–Kier alpha value is -1.11. The maximum atomic E-state index is 11.7. The van der Waals surface area contributed by atoms with Gasteiger partial charge in [-0.2, -0.15) is 13.1 Å². The molecule has 1 saturated heterocycles. The zero-order valence-electron chi connectivity index (χ0n) is 13.3. The summed E-state index contributed by atoms with van der Waals surface area (Å²) >= 11 is 0. The van der Waals surface area contributed by atoms with Crippen molar-refractivity contribution in [3.63, 3.8) is 0 Å². The van der Waals surface area contributed by atoms with Crippen LogP contribution in [-0.2, 0) is 16.6 Å². The van der Waals surface area contributed by atoms with Gasteiger partial charge in [-0.05, 0) is 69.4 Å². The summed E-state index contributed by atoms with van der Waals surface area (Å²) < 4.78 is 28.5. The lowest BCUT2D eigenvalue weighted by atomic mass is 10.1. The first kappa shape index (κ1) is 17.2. The Bertz CT molecular complexity index is 537. The molecule has 22 heavy (non-hydrogen) atoms. The van der Waals surface area contributed by atoms with E-state index in [2.05, 4.69) is 14.3 Å². The van der Waals surface area contributed by atoms with Gasteiger partial charge in [-0.3, -0.25) is 4.72 Å². The van der Waals surface area contributed by atoms with Gasteiger partial charge in [0.05, 0.1) is 0 Å². The highest BCUT2D eigenvalue weighted by atomic mass is 32.2. The molecule has 124 valence electrons. The third-order valence-electron chi connectivity index (χ3n) is 3.89. The molecular formula is C16H27N3O2S. The minimum atomic E-state index is -3.44. The molecule has 2 rings (SSSR count). The van der Waals surface area contributed by atoms with E-state index in [1.54, 1.807) is 0 Å². The number of aryl methyl sites for hydroxylation is 1. The Kier molecular flexibility index (Phi) is 6.67. The van der Waals surface area contributed by atoms with E-state index in [0.29, 0.717) is 12.2 Å². The lowest BCUT2D eigenvalue weighted by molar-refractivity contribution is 0.334. The first-order valence-corrected chi connectivity index (χ1v) is 9.66. The van der Waals surface area contributed by atoms with Crippen molar-refractivity contribution >= 4 is 15.9 Å². The summed E-state index contributed by atoms with van der Waals surface area (Å²) in [5.41, 5.74) is 1.86. The molecule has 0 unspecified atom stereocenters. The number of rotatable bonds is 9. The van der Waals surface area contributed by atoms with Gasteiger partial charge in [0, 0.05) is 12.2 Å². The van der Waals surface area contributed by atoms with E-state index in [9.17, 15) is 8.42 Å². The van der Waals surface area contributed by atoms with Gasteiger partial charge in [0.25, 0.3) is 10.2 Å². The van der Waals surface area contributed by atoms with E-state index in [1.165, 1.54) is 31.5 Å². The first-order chi connectivity index (χ1) is 10.6. The normalized spacial score (nSPS) is 16.0. The van der Waals surface area contributed by atoms with Crippen LogP contribution in [0.15, 0.2) is 24.3 Å². The average Bonchev–Trinajstić information content (AvgIpc) is 3.00. The van der Waals surface area contributed by atoms with E-state index in [-0.39, 0.29) is 0 Å². The van der Waals surface area contributed by atoms with Crippen LogP contribution in [0.4, 0.5) is 5.69 Å². The number of likely N-dealkylation sites (tertiary alicyclic amines) is 1. The monoisotopic (exact) mass is 325 g/mol. The van der Waals surface area contributed by atoms with E-state index in [1.807, 2.05) is 31.2 Å². The van der Waals surface area contributed by atoms with Gasteiger partial charge < -0.3 is 4.90 Å². The molecule has 1 aliphatic heterocycles. The second-order valence-electron chi connectivity index (χ2n) is 5.85. The minimum absolute atomic E-state index is 0.448. The van der Waals surface area contributed by atoms with E-state index in [4.69, 9.17) is 0 Å². The fourth-order valence-corrected chi connectivity index (χ4v) is 3.67. The molecule has 1 aliphatic rings. The van der Waals surface area contributed by atoms with E-state index < -0.39 is 10.2 Å². The maximum absolute atomic E-state index is 11.7. The number of nitrogens with one attached hydrogen (secondary N) is 2. The molecule has 1 aromatic carbocycles. The molecular weight excluding hydrogens is 298 g/mol. The largest absolute Gasteiger partial charge is 0.303 e. The highest BCUT2D eigenvalue weighted by Gasteiger charge is 2.11. The molecule has 0 bridgehead atoms. The SMILES string of the molecule is CCCNS(=O)(=O)Nc1ccc(CCCN2CCCC2)cc1. The van der Waals surface area contributed by atoms with Crippen molar-refractivity contribution < 1.29 is 8.42 Å². The van der Waals surface area contributed by atoms with Crippen LogP contribution < -0.4 is 9.44 Å². The van der Waals surface area contributed by atoms with Gasteiger partial charge in [-0.25, -0.2) is 0 Å². The third kappa shape index (κ3) is 5.94. The van der Waals surface area contributed by atoms with Crippen molar-refractivity contribution in [1.82, 2.24) is 9.62 Å². The van der Waals surface area contributed by atoms with Gasteiger partial charge in [-0.1, -0.05) is 19.1 Å². The molecule has 0 saturated carbocycles. The fourth-order valence-electron chi connectivity index (χ4n) is 2.68. The molecule has 5 nitrogen and oxygen atoms in total. The Morgan fingerprint density at radius 1 is 1.14 bits per heavy atom. The van der Waals surface area contributed by atoms with Gasteiger partial charge in [0.1, 0.15) is 0 Å². The number of hydrogen-bond acceptors (Lipinski definition) is 3. The summed E-state index contributed by atoms with van der Waals surface area (Å²) in [5.74, 6) is 0. The van der Waals surface area contributed by atoms with Gasteiger partial charge >= 0.3 is 0 Å². The second-order valence-corrected chi connectivity index (χ2v) is 7.35. The zero-order chi connectivity index (χ0) is 15.8. The van der Waals surface area contributed by atoms with Crippen molar-refractivity contribution in [3.05, 3.63) is 29.8 Å². The molecule has 6 heteroatoms. The van der Waals surface area contributed by atoms with Crippen LogP contribution in [0.5, 0.6) is 0 Å². The molecule has 2 N–H and O–H groups in total. The maximum Gasteiger partial charge on any atom is 0.299 e. The molecule has 0 radical (unpaired) electrons. The topological polar surface area (TPSA) is 61.4 Å². The molecule has 0 atom stereocenters. The Morgan fingerprint density at radius 3 is 2.45 bits per heavy atom. The number of benzene rings is 1. The summed E-state index contributed by atoms with van der Waals surface area (Å²) in [6, 6.07) is 7.66. The van der Waals surface area contributed by atoms with E-state index >= 15 is 0 Å². The number of hydrogen-bond donors (Lipinski definition) is 2.